The molecule has 2 bridgehead atoms. The molecule has 0 radical (unpaired) electrons. The summed E-state index contributed by atoms with van der Waals surface area (Å²) in [6.07, 6.45) is 6.53. The largest absolute Gasteiger partial charge is 0.504 e. The molecule has 0 unspecified atom stereocenters. The second-order valence-electron chi connectivity index (χ2n) is 8.87. The van der Waals surface area contributed by atoms with Gasteiger partial charge in [-0.2, -0.15) is 0 Å². The lowest BCUT2D eigenvalue weighted by Crippen LogP contribution is -2.76. The Morgan fingerprint density at radius 3 is 2.93 bits per heavy atom. The zero-order valence-electron chi connectivity index (χ0n) is 16.0. The maximum Gasteiger partial charge on any atom is 0.174 e. The summed E-state index contributed by atoms with van der Waals surface area (Å²) in [5.41, 5.74) is 0.410. The Labute approximate surface area is 160 Å². The third kappa shape index (κ3) is 2.10. The van der Waals surface area contributed by atoms with Crippen molar-refractivity contribution in [2.75, 3.05) is 13.1 Å². The number of aliphatic hydroxyl groups is 1. The van der Waals surface area contributed by atoms with Gasteiger partial charge in [0.05, 0.1) is 11.0 Å². The Hall–Kier alpha value is -1.59. The Balaban J connectivity index is 1.58. The van der Waals surface area contributed by atoms with Crippen LogP contribution < -0.4 is 4.74 Å². The van der Waals surface area contributed by atoms with Gasteiger partial charge >= 0.3 is 0 Å². The molecule has 2 aliphatic carbocycles. The first-order chi connectivity index (χ1) is 13.0. The summed E-state index contributed by atoms with van der Waals surface area (Å²) in [7, 11) is 0. The number of phenols is 1. The van der Waals surface area contributed by atoms with Crippen molar-refractivity contribution < 1.29 is 19.7 Å². The molecule has 2 fully saturated rings. The first-order valence-corrected chi connectivity index (χ1v) is 10.5. The fourth-order valence-electron chi connectivity index (χ4n) is 6.42. The van der Waals surface area contributed by atoms with Gasteiger partial charge < -0.3 is 14.9 Å². The molecule has 5 rings (SSSR count). The Bertz CT molecular complexity index is 793. The van der Waals surface area contributed by atoms with E-state index < -0.39 is 17.1 Å². The number of benzene rings is 1. The first kappa shape index (κ1) is 17.5. The van der Waals surface area contributed by atoms with Crippen LogP contribution in [0.5, 0.6) is 11.5 Å². The predicted octanol–water partition coefficient (Wildman–Crippen LogP) is 2.70. The number of aromatic hydroxyl groups is 1. The number of ketones is 1. The highest BCUT2D eigenvalue weighted by Gasteiger charge is 2.73. The maximum atomic E-state index is 12.8. The monoisotopic (exact) mass is 371 g/mol. The van der Waals surface area contributed by atoms with Gasteiger partial charge in [0.2, 0.25) is 0 Å². The zero-order chi connectivity index (χ0) is 18.8. The number of nitrogens with zero attached hydrogens (tertiary/aromatic N) is 1. The number of hydrogen-bond donors (Lipinski definition) is 2. The minimum atomic E-state index is -0.958. The van der Waals surface area contributed by atoms with Gasteiger partial charge in [-0.1, -0.05) is 32.3 Å². The number of Topliss-reactive ketones (excluding diaryl/α,β-unsaturated/α-hetero) is 1. The number of phenolic OH excluding ortho intramolecular Hbond substituents is 1. The second kappa shape index (κ2) is 5.95. The van der Waals surface area contributed by atoms with Crippen molar-refractivity contribution >= 4 is 5.78 Å². The fourth-order valence-corrected chi connectivity index (χ4v) is 6.42. The lowest BCUT2D eigenvalue weighted by Gasteiger charge is -2.62. The number of rotatable bonds is 5. The molecule has 1 saturated carbocycles. The van der Waals surface area contributed by atoms with Crippen molar-refractivity contribution in [2.45, 2.75) is 81.5 Å². The molecule has 2 aliphatic heterocycles. The highest BCUT2D eigenvalue weighted by atomic mass is 16.5. The van der Waals surface area contributed by atoms with Gasteiger partial charge in [0.25, 0.3) is 0 Å². The van der Waals surface area contributed by atoms with Crippen LogP contribution in [0, 0.1) is 0 Å². The van der Waals surface area contributed by atoms with Gasteiger partial charge in [0.15, 0.2) is 23.4 Å². The molecule has 0 aromatic heterocycles. The number of ether oxygens (including phenoxy) is 1. The summed E-state index contributed by atoms with van der Waals surface area (Å²) in [5, 5.41) is 22.4. The predicted molar refractivity (Wildman–Crippen MR) is 101 cm³/mol. The highest BCUT2D eigenvalue weighted by molar-refractivity contribution is 5.90. The first-order valence-electron chi connectivity index (χ1n) is 10.5. The van der Waals surface area contributed by atoms with Crippen molar-refractivity contribution in [3.63, 3.8) is 0 Å². The van der Waals surface area contributed by atoms with Gasteiger partial charge in [-0.05, 0) is 50.4 Å². The van der Waals surface area contributed by atoms with E-state index in [1.54, 1.807) is 6.07 Å². The van der Waals surface area contributed by atoms with E-state index in [4.69, 9.17) is 4.74 Å². The number of unbranched alkanes of at least 4 members (excludes halogenated alkanes) is 3. The van der Waals surface area contributed by atoms with E-state index in [0.29, 0.717) is 25.0 Å². The van der Waals surface area contributed by atoms with Crippen LogP contribution in [0.4, 0.5) is 0 Å². The van der Waals surface area contributed by atoms with Crippen molar-refractivity contribution in [3.05, 3.63) is 23.3 Å². The molecule has 1 spiro atoms. The van der Waals surface area contributed by atoms with Crippen molar-refractivity contribution in [1.29, 1.82) is 0 Å². The van der Waals surface area contributed by atoms with Gasteiger partial charge in [0.1, 0.15) is 0 Å². The van der Waals surface area contributed by atoms with Crippen LogP contribution in [0.3, 0.4) is 0 Å². The SMILES string of the molecule is CCCCCCN1CC[C@@]23c4c5ccc(O)c4O[C@@H]2C(=O)CC[C@]3(O)[C@@H]1C5. The maximum absolute atomic E-state index is 12.8. The van der Waals surface area contributed by atoms with E-state index in [9.17, 15) is 15.0 Å². The average molecular weight is 371 g/mol. The van der Waals surface area contributed by atoms with Crippen LogP contribution in [-0.2, 0) is 16.6 Å². The summed E-state index contributed by atoms with van der Waals surface area (Å²) in [5.74, 6) is 0.604. The molecular formula is C22H29NO4. The number of carbonyl (C=O) groups is 1. The molecule has 2 N–H and O–H groups in total. The van der Waals surface area contributed by atoms with E-state index in [-0.39, 0.29) is 17.6 Å². The van der Waals surface area contributed by atoms with Crippen LogP contribution in [0.2, 0.25) is 0 Å². The lowest BCUT2D eigenvalue weighted by atomic mass is 9.49. The van der Waals surface area contributed by atoms with Gasteiger partial charge in [-0.3, -0.25) is 9.69 Å². The average Bonchev–Trinajstić information content (AvgIpc) is 3.01. The van der Waals surface area contributed by atoms with E-state index in [1.165, 1.54) is 19.3 Å². The molecule has 0 amide bonds. The van der Waals surface area contributed by atoms with Crippen LogP contribution >= 0.6 is 0 Å². The minimum absolute atomic E-state index is 0.0232. The molecule has 5 heteroatoms. The molecule has 4 atom stereocenters. The number of likely N-dealkylation sites (tertiary alicyclic amines) is 1. The quantitative estimate of drug-likeness (QED) is 0.779. The third-order valence-electron chi connectivity index (χ3n) is 7.67. The van der Waals surface area contributed by atoms with Crippen LogP contribution in [0.25, 0.3) is 0 Å². The summed E-state index contributed by atoms with van der Waals surface area (Å²) >= 11 is 0. The van der Waals surface area contributed by atoms with E-state index in [1.807, 2.05) is 6.07 Å². The van der Waals surface area contributed by atoms with Gasteiger partial charge in [-0.25, -0.2) is 0 Å². The fraction of sp³-hybridized carbons (Fsp3) is 0.682. The molecule has 1 saturated heterocycles. The van der Waals surface area contributed by atoms with Crippen LogP contribution in [0.1, 0.15) is 63.0 Å². The van der Waals surface area contributed by atoms with Crippen molar-refractivity contribution in [2.24, 2.45) is 0 Å². The summed E-state index contributed by atoms with van der Waals surface area (Å²) in [4.78, 5) is 15.2. The molecule has 4 aliphatic rings. The molecular weight excluding hydrogens is 342 g/mol. The Morgan fingerprint density at radius 2 is 2.11 bits per heavy atom. The number of piperidine rings is 1. The highest BCUT2D eigenvalue weighted by Crippen LogP contribution is 2.64. The molecule has 1 aromatic carbocycles. The van der Waals surface area contributed by atoms with E-state index in [0.717, 1.165) is 37.1 Å². The van der Waals surface area contributed by atoms with Crippen LogP contribution in [-0.4, -0.2) is 51.7 Å². The normalized spacial score (nSPS) is 36.4. The molecule has 2 heterocycles. The van der Waals surface area contributed by atoms with E-state index in [2.05, 4.69) is 11.8 Å². The van der Waals surface area contributed by atoms with Crippen molar-refractivity contribution in [3.8, 4) is 11.5 Å². The molecule has 27 heavy (non-hydrogen) atoms. The number of hydrogen-bond acceptors (Lipinski definition) is 5. The van der Waals surface area contributed by atoms with Crippen molar-refractivity contribution in [1.82, 2.24) is 4.90 Å². The minimum Gasteiger partial charge on any atom is -0.504 e. The Morgan fingerprint density at radius 1 is 1.26 bits per heavy atom. The summed E-state index contributed by atoms with van der Waals surface area (Å²) < 4.78 is 6.06. The topological polar surface area (TPSA) is 70.0 Å². The zero-order valence-corrected chi connectivity index (χ0v) is 16.0. The van der Waals surface area contributed by atoms with E-state index >= 15 is 0 Å². The number of carbonyl (C=O) groups excluding carboxylic acids is 1. The lowest BCUT2D eigenvalue weighted by molar-refractivity contribution is -0.188. The molecule has 5 nitrogen and oxygen atoms in total. The standard InChI is InChI=1S/C22H29NO4/c1-2-3-4-5-11-23-12-10-21-18-14-6-7-15(24)19(18)27-20(21)16(25)8-9-22(21,26)17(23)13-14/h6-7,17,20,24,26H,2-5,8-13H2,1H3/t17-,20+,21+,22-/m0/s1. The van der Waals surface area contributed by atoms with Gasteiger partial charge in [-0.15, -0.1) is 0 Å². The third-order valence-corrected chi connectivity index (χ3v) is 7.67. The molecule has 146 valence electrons. The second-order valence-corrected chi connectivity index (χ2v) is 8.87. The summed E-state index contributed by atoms with van der Waals surface area (Å²) in [6, 6.07) is 3.67. The summed E-state index contributed by atoms with van der Waals surface area (Å²) in [6.45, 7) is 4.10. The smallest absolute Gasteiger partial charge is 0.174 e. The Kier molecular flexibility index (Phi) is 3.86. The van der Waals surface area contributed by atoms with Gasteiger partial charge in [0, 0.05) is 18.0 Å². The van der Waals surface area contributed by atoms with Crippen LogP contribution in [0.15, 0.2) is 12.1 Å². The molecule has 1 aromatic rings.